The highest BCUT2D eigenvalue weighted by atomic mass is 32.2. The number of amides is 1. The number of hydrogen-bond acceptors (Lipinski definition) is 4. The molecule has 1 fully saturated rings. The summed E-state index contributed by atoms with van der Waals surface area (Å²) in [5.74, 6) is -0.310. The first kappa shape index (κ1) is 14.4. The second kappa shape index (κ2) is 5.35. The summed E-state index contributed by atoms with van der Waals surface area (Å²) in [7, 11) is -3.34. The van der Waals surface area contributed by atoms with Crippen LogP contribution in [0.2, 0.25) is 0 Å². The first-order valence-corrected chi connectivity index (χ1v) is 7.95. The van der Waals surface area contributed by atoms with E-state index in [9.17, 15) is 13.2 Å². The normalized spacial score (nSPS) is 27.9. The van der Waals surface area contributed by atoms with Crippen LogP contribution in [0.4, 0.5) is 0 Å². The van der Waals surface area contributed by atoms with Gasteiger partial charge in [0.2, 0.25) is 5.91 Å². The molecule has 1 aliphatic rings. The van der Waals surface area contributed by atoms with E-state index in [2.05, 4.69) is 0 Å². The fraction of sp³-hybridized carbons (Fsp3) is 0.909. The van der Waals surface area contributed by atoms with Gasteiger partial charge in [-0.3, -0.25) is 4.79 Å². The van der Waals surface area contributed by atoms with Gasteiger partial charge in [0.05, 0.1) is 0 Å². The molecule has 1 heterocycles. The topological polar surface area (TPSA) is 80.5 Å². The van der Waals surface area contributed by atoms with Gasteiger partial charge in [-0.05, 0) is 33.1 Å². The van der Waals surface area contributed by atoms with Crippen LogP contribution in [0.5, 0.6) is 0 Å². The smallest absolute Gasteiger partial charge is 0.241 e. The Bertz CT molecular complexity index is 380. The van der Waals surface area contributed by atoms with Crippen molar-refractivity contribution in [2.24, 2.45) is 5.73 Å². The van der Waals surface area contributed by atoms with Crippen molar-refractivity contribution in [2.75, 3.05) is 12.8 Å². The molecule has 0 radical (unpaired) electrons. The van der Waals surface area contributed by atoms with Crippen molar-refractivity contribution in [3.05, 3.63) is 0 Å². The van der Waals surface area contributed by atoms with Gasteiger partial charge in [0, 0.05) is 24.9 Å². The molecule has 17 heavy (non-hydrogen) atoms. The fourth-order valence-electron chi connectivity index (χ4n) is 2.31. The molecular formula is C11H22N2O3S. The number of hydrogen-bond donors (Lipinski definition) is 1. The Morgan fingerprint density at radius 3 is 2.53 bits per heavy atom. The molecule has 3 atom stereocenters. The monoisotopic (exact) mass is 262 g/mol. The zero-order chi connectivity index (χ0) is 13.2. The molecule has 2 N–H and O–H groups in total. The van der Waals surface area contributed by atoms with E-state index < -0.39 is 15.1 Å². The summed E-state index contributed by atoms with van der Waals surface area (Å²) in [6.45, 7) is 3.80. The van der Waals surface area contributed by atoms with Crippen LogP contribution in [-0.2, 0) is 14.6 Å². The Labute approximate surface area is 103 Å². The van der Waals surface area contributed by atoms with Gasteiger partial charge < -0.3 is 10.6 Å². The zero-order valence-electron chi connectivity index (χ0n) is 10.7. The lowest BCUT2D eigenvalue weighted by Crippen LogP contribution is -2.55. The molecule has 6 heteroatoms. The van der Waals surface area contributed by atoms with Crippen molar-refractivity contribution in [3.8, 4) is 0 Å². The summed E-state index contributed by atoms with van der Waals surface area (Å²) < 4.78 is 22.9. The van der Waals surface area contributed by atoms with Crippen LogP contribution in [0.25, 0.3) is 0 Å². The molecule has 0 aromatic rings. The Morgan fingerprint density at radius 1 is 1.47 bits per heavy atom. The van der Waals surface area contributed by atoms with E-state index in [0.29, 0.717) is 6.54 Å². The van der Waals surface area contributed by atoms with Crippen molar-refractivity contribution in [1.82, 2.24) is 4.90 Å². The first-order chi connectivity index (χ1) is 7.79. The minimum Gasteiger partial charge on any atom is -0.335 e. The van der Waals surface area contributed by atoms with E-state index in [-0.39, 0.29) is 18.0 Å². The van der Waals surface area contributed by atoms with E-state index in [4.69, 9.17) is 5.73 Å². The molecule has 0 aromatic carbocycles. The molecule has 3 unspecified atom stereocenters. The van der Waals surface area contributed by atoms with Crippen molar-refractivity contribution in [3.63, 3.8) is 0 Å². The third kappa shape index (κ3) is 3.19. The lowest BCUT2D eigenvalue weighted by Gasteiger charge is -2.41. The number of carbonyl (C=O) groups excluding carboxylic acids is 1. The molecule has 0 aromatic heterocycles. The number of nitrogens with two attached hydrogens (primary N) is 1. The maximum atomic E-state index is 12.2. The van der Waals surface area contributed by atoms with Crippen molar-refractivity contribution in [2.45, 2.75) is 50.4 Å². The zero-order valence-corrected chi connectivity index (χ0v) is 11.5. The molecule has 100 valence electrons. The molecule has 0 aliphatic carbocycles. The van der Waals surface area contributed by atoms with Crippen LogP contribution in [0.15, 0.2) is 0 Å². The van der Waals surface area contributed by atoms with E-state index >= 15 is 0 Å². The molecular weight excluding hydrogens is 240 g/mol. The number of piperidine rings is 1. The Balaban J connectivity index is 2.91. The van der Waals surface area contributed by atoms with Crippen molar-refractivity contribution < 1.29 is 13.2 Å². The SMILES string of the molecule is CC1CCCC(CN)N1C(=O)C(C)S(C)(=O)=O. The summed E-state index contributed by atoms with van der Waals surface area (Å²) in [5.41, 5.74) is 5.66. The number of likely N-dealkylation sites (tertiary alicyclic amines) is 1. The Hall–Kier alpha value is -0.620. The van der Waals surface area contributed by atoms with Crippen molar-refractivity contribution in [1.29, 1.82) is 0 Å². The molecule has 0 spiro atoms. The van der Waals surface area contributed by atoms with Gasteiger partial charge in [-0.25, -0.2) is 8.42 Å². The third-order valence-electron chi connectivity index (χ3n) is 3.54. The van der Waals surface area contributed by atoms with E-state index in [1.54, 1.807) is 4.90 Å². The van der Waals surface area contributed by atoms with Crippen LogP contribution >= 0.6 is 0 Å². The summed E-state index contributed by atoms with van der Waals surface area (Å²) in [6, 6.07) is 0.0597. The molecule has 1 aliphatic heterocycles. The third-order valence-corrected chi connectivity index (χ3v) is 5.03. The first-order valence-electron chi connectivity index (χ1n) is 6.00. The minimum absolute atomic E-state index is 0.0181. The second-order valence-electron chi connectivity index (χ2n) is 4.89. The maximum Gasteiger partial charge on any atom is 0.241 e. The number of carbonyl (C=O) groups is 1. The molecule has 1 amide bonds. The van der Waals surface area contributed by atoms with Crippen LogP contribution in [0.1, 0.15) is 33.1 Å². The molecule has 5 nitrogen and oxygen atoms in total. The van der Waals surface area contributed by atoms with Crippen LogP contribution < -0.4 is 5.73 Å². The average molecular weight is 262 g/mol. The van der Waals surface area contributed by atoms with Crippen LogP contribution in [-0.4, -0.2) is 49.4 Å². The highest BCUT2D eigenvalue weighted by molar-refractivity contribution is 7.92. The second-order valence-corrected chi connectivity index (χ2v) is 7.25. The highest BCUT2D eigenvalue weighted by Gasteiger charge is 2.36. The summed E-state index contributed by atoms with van der Waals surface area (Å²) in [5, 5.41) is -0.975. The maximum absolute atomic E-state index is 12.2. The lowest BCUT2D eigenvalue weighted by molar-refractivity contribution is -0.136. The van der Waals surface area contributed by atoms with Gasteiger partial charge in [0.25, 0.3) is 0 Å². The molecule has 0 saturated carbocycles. The molecule has 0 bridgehead atoms. The number of rotatable bonds is 3. The van der Waals surface area contributed by atoms with E-state index in [1.165, 1.54) is 6.92 Å². The molecule has 1 saturated heterocycles. The van der Waals surface area contributed by atoms with Gasteiger partial charge >= 0.3 is 0 Å². The Morgan fingerprint density at radius 2 is 2.06 bits per heavy atom. The fourth-order valence-corrected chi connectivity index (χ4v) is 2.80. The van der Waals surface area contributed by atoms with Crippen LogP contribution in [0.3, 0.4) is 0 Å². The van der Waals surface area contributed by atoms with Gasteiger partial charge in [-0.1, -0.05) is 0 Å². The summed E-state index contributed by atoms with van der Waals surface area (Å²) in [4.78, 5) is 13.9. The van der Waals surface area contributed by atoms with Crippen LogP contribution in [0, 0.1) is 0 Å². The molecule has 1 rings (SSSR count). The quantitative estimate of drug-likeness (QED) is 0.785. The van der Waals surface area contributed by atoms with Gasteiger partial charge in [-0.15, -0.1) is 0 Å². The number of sulfone groups is 1. The lowest BCUT2D eigenvalue weighted by atomic mass is 9.96. The highest BCUT2D eigenvalue weighted by Crippen LogP contribution is 2.24. The minimum atomic E-state index is -3.34. The van der Waals surface area contributed by atoms with E-state index in [0.717, 1.165) is 25.5 Å². The predicted octanol–water partition coefficient (Wildman–Crippen LogP) is 0.148. The predicted molar refractivity (Wildman–Crippen MR) is 67.3 cm³/mol. The van der Waals surface area contributed by atoms with Gasteiger partial charge in [-0.2, -0.15) is 0 Å². The van der Waals surface area contributed by atoms with Gasteiger partial charge in [0.1, 0.15) is 5.25 Å². The van der Waals surface area contributed by atoms with Crippen molar-refractivity contribution >= 4 is 15.7 Å². The summed E-state index contributed by atoms with van der Waals surface area (Å²) >= 11 is 0. The van der Waals surface area contributed by atoms with E-state index in [1.807, 2.05) is 6.92 Å². The largest absolute Gasteiger partial charge is 0.335 e. The average Bonchev–Trinajstić information content (AvgIpc) is 2.25. The standard InChI is InChI=1S/C11H22N2O3S/c1-8-5-4-6-10(7-12)13(8)11(14)9(2)17(3,15)16/h8-10H,4-7,12H2,1-3H3. The Kier molecular flexibility index (Phi) is 4.55. The number of nitrogens with zero attached hydrogens (tertiary/aromatic N) is 1. The summed E-state index contributed by atoms with van der Waals surface area (Å²) in [6.07, 6.45) is 3.92. The van der Waals surface area contributed by atoms with Gasteiger partial charge in [0.15, 0.2) is 9.84 Å².